The van der Waals surface area contributed by atoms with Crippen LogP contribution in [-0.2, 0) is 10.2 Å². The molecule has 1 aliphatic rings. The van der Waals surface area contributed by atoms with Crippen LogP contribution in [0.4, 0.5) is 5.82 Å². The van der Waals surface area contributed by atoms with E-state index in [9.17, 15) is 4.79 Å². The fourth-order valence-corrected chi connectivity index (χ4v) is 4.42. The van der Waals surface area contributed by atoms with Gasteiger partial charge in [0.2, 0.25) is 11.2 Å². The number of fused-ring (bicyclic) bond motifs is 1. The molecule has 6 heteroatoms. The Bertz CT molecular complexity index is 1020. The van der Waals surface area contributed by atoms with Crippen molar-refractivity contribution in [1.82, 2.24) is 14.9 Å². The standard InChI is InChI=1S/C23H25ClN4O/c1-3-28(4-2)21(29)23(16-10-6-5-7-11-16)14-17(23)15-25-20-18-12-8-9-13-19(18)26-22(24)27-20/h5-13,17H,3-4,14-15H2,1-2H3,(H,25,26,27)/t17?,23-/m0/s1. The summed E-state index contributed by atoms with van der Waals surface area (Å²) < 4.78 is 0. The Balaban J connectivity index is 1.60. The van der Waals surface area contributed by atoms with Gasteiger partial charge in [0.1, 0.15) is 5.82 Å². The molecular weight excluding hydrogens is 384 g/mol. The number of amides is 1. The lowest BCUT2D eigenvalue weighted by Crippen LogP contribution is -2.40. The molecule has 2 aromatic carbocycles. The molecule has 4 rings (SSSR count). The van der Waals surface area contributed by atoms with E-state index in [4.69, 9.17) is 11.6 Å². The smallest absolute Gasteiger partial charge is 0.233 e. The van der Waals surface area contributed by atoms with Crippen molar-refractivity contribution < 1.29 is 4.79 Å². The Kier molecular flexibility index (Phi) is 5.41. The van der Waals surface area contributed by atoms with Crippen LogP contribution in [0.5, 0.6) is 0 Å². The number of rotatable bonds is 7. The fourth-order valence-electron chi connectivity index (χ4n) is 4.25. The van der Waals surface area contributed by atoms with E-state index >= 15 is 0 Å². The summed E-state index contributed by atoms with van der Waals surface area (Å²) in [7, 11) is 0. The number of hydrogen-bond acceptors (Lipinski definition) is 4. The first-order chi connectivity index (χ1) is 14.1. The summed E-state index contributed by atoms with van der Waals surface area (Å²) in [5, 5.41) is 4.59. The Morgan fingerprint density at radius 3 is 2.52 bits per heavy atom. The molecule has 5 nitrogen and oxygen atoms in total. The van der Waals surface area contributed by atoms with Gasteiger partial charge in [-0.3, -0.25) is 4.79 Å². The van der Waals surface area contributed by atoms with Crippen molar-refractivity contribution in [3.63, 3.8) is 0 Å². The zero-order valence-electron chi connectivity index (χ0n) is 16.7. The average Bonchev–Trinajstić information content (AvgIpc) is 3.49. The van der Waals surface area contributed by atoms with Gasteiger partial charge in [0.15, 0.2) is 0 Å². The minimum absolute atomic E-state index is 0.200. The highest BCUT2D eigenvalue weighted by molar-refractivity contribution is 6.28. The number of para-hydroxylation sites is 1. The molecule has 3 aromatic rings. The molecule has 150 valence electrons. The van der Waals surface area contributed by atoms with Gasteiger partial charge < -0.3 is 10.2 Å². The topological polar surface area (TPSA) is 58.1 Å². The van der Waals surface area contributed by atoms with E-state index in [0.717, 1.165) is 36.0 Å². The third-order valence-electron chi connectivity index (χ3n) is 5.92. The normalized spacial score (nSPS) is 20.4. The second-order valence-corrected chi connectivity index (χ2v) is 7.79. The molecule has 1 aromatic heterocycles. The number of nitrogens with zero attached hydrogens (tertiary/aromatic N) is 3. The maximum atomic E-state index is 13.4. The largest absolute Gasteiger partial charge is 0.369 e. The molecule has 1 unspecified atom stereocenters. The number of aromatic nitrogens is 2. The summed E-state index contributed by atoms with van der Waals surface area (Å²) in [6.45, 7) is 6.15. The van der Waals surface area contributed by atoms with Crippen molar-refractivity contribution >= 4 is 34.2 Å². The van der Waals surface area contributed by atoms with Crippen molar-refractivity contribution in [3.8, 4) is 0 Å². The minimum atomic E-state index is -0.465. The van der Waals surface area contributed by atoms with Crippen LogP contribution in [0.1, 0.15) is 25.8 Å². The molecule has 1 aliphatic carbocycles. The summed E-state index contributed by atoms with van der Waals surface area (Å²) in [5.41, 5.74) is 1.43. The number of hydrogen-bond donors (Lipinski definition) is 1. The van der Waals surface area contributed by atoms with Gasteiger partial charge in [0, 0.05) is 25.0 Å². The number of anilines is 1. The van der Waals surface area contributed by atoms with Gasteiger partial charge in [0.05, 0.1) is 10.9 Å². The first-order valence-electron chi connectivity index (χ1n) is 10.1. The van der Waals surface area contributed by atoms with E-state index in [-0.39, 0.29) is 17.1 Å². The Labute approximate surface area is 176 Å². The first-order valence-corrected chi connectivity index (χ1v) is 10.5. The van der Waals surface area contributed by atoms with Crippen LogP contribution in [0, 0.1) is 5.92 Å². The van der Waals surface area contributed by atoms with Crippen molar-refractivity contribution in [2.24, 2.45) is 5.92 Å². The molecule has 1 saturated carbocycles. The summed E-state index contributed by atoms with van der Waals surface area (Å²) >= 11 is 6.11. The molecule has 0 saturated heterocycles. The van der Waals surface area contributed by atoms with E-state index in [1.807, 2.05) is 61.2 Å². The van der Waals surface area contributed by atoms with Crippen LogP contribution in [0.25, 0.3) is 10.9 Å². The number of carbonyl (C=O) groups excluding carboxylic acids is 1. The van der Waals surface area contributed by atoms with Crippen LogP contribution in [-0.4, -0.2) is 40.4 Å². The Hall–Kier alpha value is -2.66. The third-order valence-corrected chi connectivity index (χ3v) is 6.09. The molecule has 0 aliphatic heterocycles. The molecule has 1 amide bonds. The lowest BCUT2D eigenvalue weighted by molar-refractivity contribution is -0.134. The van der Waals surface area contributed by atoms with Crippen LogP contribution < -0.4 is 5.32 Å². The fraction of sp³-hybridized carbons (Fsp3) is 0.348. The number of benzene rings is 2. The van der Waals surface area contributed by atoms with Crippen molar-refractivity contribution in [2.75, 3.05) is 25.0 Å². The van der Waals surface area contributed by atoms with Crippen molar-refractivity contribution in [2.45, 2.75) is 25.7 Å². The SMILES string of the molecule is CCN(CC)C(=O)[C@]1(c2ccccc2)CC1CNc1nc(Cl)nc2ccccc12. The monoisotopic (exact) mass is 408 g/mol. The molecule has 1 heterocycles. The molecule has 2 atom stereocenters. The minimum Gasteiger partial charge on any atom is -0.369 e. The highest BCUT2D eigenvalue weighted by Gasteiger charge is 2.61. The van der Waals surface area contributed by atoms with Gasteiger partial charge in [-0.25, -0.2) is 9.97 Å². The van der Waals surface area contributed by atoms with Gasteiger partial charge >= 0.3 is 0 Å². The van der Waals surface area contributed by atoms with Crippen molar-refractivity contribution in [3.05, 3.63) is 65.4 Å². The average molecular weight is 409 g/mol. The molecule has 29 heavy (non-hydrogen) atoms. The van der Waals surface area contributed by atoms with Crippen LogP contribution in [0.3, 0.4) is 0 Å². The van der Waals surface area contributed by atoms with Crippen molar-refractivity contribution in [1.29, 1.82) is 0 Å². The number of carbonyl (C=O) groups is 1. The van der Waals surface area contributed by atoms with Crippen LogP contribution in [0.15, 0.2) is 54.6 Å². The van der Waals surface area contributed by atoms with Gasteiger partial charge in [-0.05, 0) is 55.5 Å². The third kappa shape index (κ3) is 3.55. The highest BCUT2D eigenvalue weighted by Crippen LogP contribution is 2.55. The Morgan fingerprint density at radius 1 is 1.10 bits per heavy atom. The molecular formula is C23H25ClN4O. The predicted octanol–water partition coefficient (Wildman–Crippen LogP) is 4.52. The van der Waals surface area contributed by atoms with E-state index in [1.165, 1.54) is 0 Å². The zero-order chi connectivity index (χ0) is 20.4. The maximum Gasteiger partial charge on any atom is 0.233 e. The van der Waals surface area contributed by atoms with Gasteiger partial charge in [-0.1, -0.05) is 42.5 Å². The first kappa shape index (κ1) is 19.6. The van der Waals surface area contributed by atoms with Gasteiger partial charge in [-0.15, -0.1) is 0 Å². The predicted molar refractivity (Wildman–Crippen MR) is 117 cm³/mol. The second kappa shape index (κ2) is 7.99. The summed E-state index contributed by atoms with van der Waals surface area (Å²) in [4.78, 5) is 24.0. The molecule has 0 bridgehead atoms. The van der Waals surface area contributed by atoms with E-state index in [1.54, 1.807) is 0 Å². The lowest BCUT2D eigenvalue weighted by Gasteiger charge is -2.26. The number of likely N-dealkylation sites (N-methyl/N-ethyl adjacent to an activating group) is 1. The number of halogens is 1. The van der Waals surface area contributed by atoms with Gasteiger partial charge in [0.25, 0.3) is 0 Å². The zero-order valence-corrected chi connectivity index (χ0v) is 17.5. The summed E-state index contributed by atoms with van der Waals surface area (Å²) in [6.07, 6.45) is 0.829. The van der Waals surface area contributed by atoms with Crippen LogP contribution >= 0.6 is 11.6 Å². The lowest BCUT2D eigenvalue weighted by atomic mass is 9.91. The van der Waals surface area contributed by atoms with Gasteiger partial charge in [-0.2, -0.15) is 0 Å². The van der Waals surface area contributed by atoms with E-state index in [2.05, 4.69) is 27.4 Å². The molecule has 0 radical (unpaired) electrons. The molecule has 1 N–H and O–H groups in total. The van der Waals surface area contributed by atoms with Crippen LogP contribution in [0.2, 0.25) is 5.28 Å². The Morgan fingerprint density at radius 2 is 1.79 bits per heavy atom. The van der Waals surface area contributed by atoms with E-state index < -0.39 is 5.41 Å². The van der Waals surface area contributed by atoms with E-state index in [0.29, 0.717) is 12.4 Å². The quantitative estimate of drug-likeness (QED) is 0.584. The second-order valence-electron chi connectivity index (χ2n) is 7.46. The number of nitrogens with one attached hydrogen (secondary N) is 1. The summed E-state index contributed by atoms with van der Waals surface area (Å²) in [6, 6.07) is 17.9. The molecule has 0 spiro atoms. The summed E-state index contributed by atoms with van der Waals surface area (Å²) in [5.74, 6) is 1.13. The molecule has 1 fully saturated rings. The highest BCUT2D eigenvalue weighted by atomic mass is 35.5. The maximum absolute atomic E-state index is 13.4.